The van der Waals surface area contributed by atoms with Gasteiger partial charge in [-0.2, -0.15) is 5.26 Å². The van der Waals surface area contributed by atoms with Crippen molar-refractivity contribution in [3.63, 3.8) is 0 Å². The van der Waals surface area contributed by atoms with E-state index in [0.29, 0.717) is 11.1 Å². The van der Waals surface area contributed by atoms with Crippen LogP contribution in [0.3, 0.4) is 0 Å². The summed E-state index contributed by atoms with van der Waals surface area (Å²) in [5, 5.41) is 18.1. The van der Waals surface area contributed by atoms with Crippen LogP contribution in [0.25, 0.3) is 11.1 Å². The lowest BCUT2D eigenvalue weighted by Gasteiger charge is -2.22. The van der Waals surface area contributed by atoms with Gasteiger partial charge in [0.25, 0.3) is 0 Å². The molecule has 1 heterocycles. The van der Waals surface area contributed by atoms with E-state index in [1.54, 1.807) is 12.1 Å². The van der Waals surface area contributed by atoms with Gasteiger partial charge in [0.2, 0.25) is 0 Å². The largest absolute Gasteiger partial charge is 0.478 e. The summed E-state index contributed by atoms with van der Waals surface area (Å²) in [7, 11) is 0. The van der Waals surface area contributed by atoms with Crippen molar-refractivity contribution in [3.05, 3.63) is 119 Å². The molecule has 0 bridgehead atoms. The van der Waals surface area contributed by atoms with Crippen LogP contribution in [0.15, 0.2) is 97.1 Å². The lowest BCUT2D eigenvalue weighted by atomic mass is 10.0. The number of nitrogens with zero attached hydrogens (tertiary/aromatic N) is 3. The van der Waals surface area contributed by atoms with E-state index in [-0.39, 0.29) is 0 Å². The fraction of sp³-hybridized carbons (Fsp3) is 0.212. The van der Waals surface area contributed by atoms with Gasteiger partial charge in [-0.25, -0.2) is 4.79 Å². The normalized spacial score (nSPS) is 14.3. The van der Waals surface area contributed by atoms with Crippen molar-refractivity contribution in [3.8, 4) is 28.7 Å². The van der Waals surface area contributed by atoms with E-state index in [4.69, 9.17) is 15.1 Å². The zero-order chi connectivity index (χ0) is 27.0. The highest BCUT2D eigenvalue weighted by Crippen LogP contribution is 2.26. The average molecular weight is 518 g/mol. The molecule has 0 spiro atoms. The van der Waals surface area contributed by atoms with Crippen LogP contribution in [-0.4, -0.2) is 47.1 Å². The minimum Gasteiger partial charge on any atom is -0.478 e. The SMILES string of the molecule is N#Cc1ccc(-c2ccc(Oc3ccc(CN4CCCN(Cc5ccc(C(=O)O)cc5)CC4)cc3)cc2)cc1. The first-order valence-corrected chi connectivity index (χ1v) is 13.2. The average Bonchev–Trinajstić information content (AvgIpc) is 3.19. The van der Waals surface area contributed by atoms with Crippen LogP contribution < -0.4 is 4.74 Å². The molecule has 1 aliphatic rings. The van der Waals surface area contributed by atoms with Crippen LogP contribution in [0.1, 0.15) is 33.5 Å². The molecule has 5 rings (SSSR count). The molecule has 4 aromatic rings. The number of benzene rings is 4. The molecule has 0 atom stereocenters. The van der Waals surface area contributed by atoms with Crippen LogP contribution in [0.2, 0.25) is 0 Å². The standard InChI is InChI=1S/C33H31N3O3/c34-22-25-2-8-28(9-3-25)29-12-16-32(17-13-29)39-31-14-6-27(7-15-31)24-36-19-1-18-35(20-21-36)23-26-4-10-30(11-5-26)33(37)38/h2-17H,1,18-21,23-24H2,(H,37,38). The van der Waals surface area contributed by atoms with Crippen LogP contribution in [-0.2, 0) is 13.1 Å². The molecule has 0 radical (unpaired) electrons. The van der Waals surface area contributed by atoms with Gasteiger partial charge in [0.1, 0.15) is 11.5 Å². The summed E-state index contributed by atoms with van der Waals surface area (Å²) in [6.45, 7) is 5.82. The van der Waals surface area contributed by atoms with Crippen molar-refractivity contribution in [2.24, 2.45) is 0 Å². The highest BCUT2D eigenvalue weighted by atomic mass is 16.5. The van der Waals surface area contributed by atoms with Gasteiger partial charge in [0.15, 0.2) is 0 Å². The minimum absolute atomic E-state index is 0.329. The van der Waals surface area contributed by atoms with Gasteiger partial charge >= 0.3 is 5.97 Å². The third-order valence-electron chi connectivity index (χ3n) is 7.06. The second-order valence-electron chi connectivity index (χ2n) is 9.87. The number of hydrogen-bond acceptors (Lipinski definition) is 5. The molecule has 0 amide bonds. The van der Waals surface area contributed by atoms with Gasteiger partial charge in [-0.3, -0.25) is 9.80 Å². The first kappa shape index (κ1) is 26.2. The van der Waals surface area contributed by atoms with Gasteiger partial charge in [-0.1, -0.05) is 48.5 Å². The third kappa shape index (κ3) is 7.11. The lowest BCUT2D eigenvalue weighted by molar-refractivity contribution is 0.0697. The molecule has 0 saturated carbocycles. The fourth-order valence-corrected chi connectivity index (χ4v) is 4.86. The Kier molecular flexibility index (Phi) is 8.33. The summed E-state index contributed by atoms with van der Waals surface area (Å²) in [6.07, 6.45) is 1.10. The van der Waals surface area contributed by atoms with Crippen LogP contribution in [0, 0.1) is 11.3 Å². The molecule has 0 unspecified atom stereocenters. The monoisotopic (exact) mass is 517 g/mol. The third-order valence-corrected chi connectivity index (χ3v) is 7.06. The number of carboxylic acids is 1. The number of nitriles is 1. The van der Waals surface area contributed by atoms with Gasteiger partial charge in [-0.05, 0) is 90.3 Å². The fourth-order valence-electron chi connectivity index (χ4n) is 4.86. The Morgan fingerprint density at radius 1 is 0.692 bits per heavy atom. The maximum Gasteiger partial charge on any atom is 0.335 e. The number of ether oxygens (including phenoxy) is 1. The zero-order valence-electron chi connectivity index (χ0n) is 21.8. The van der Waals surface area contributed by atoms with Crippen molar-refractivity contribution in [1.82, 2.24) is 9.80 Å². The van der Waals surface area contributed by atoms with Crippen molar-refractivity contribution >= 4 is 5.97 Å². The van der Waals surface area contributed by atoms with Gasteiger partial charge in [0, 0.05) is 26.2 Å². The molecule has 39 heavy (non-hydrogen) atoms. The molecule has 1 saturated heterocycles. The van der Waals surface area contributed by atoms with Crippen LogP contribution in [0.4, 0.5) is 0 Å². The summed E-state index contributed by atoms with van der Waals surface area (Å²) in [6, 6.07) is 33.2. The summed E-state index contributed by atoms with van der Waals surface area (Å²) in [4.78, 5) is 16.0. The van der Waals surface area contributed by atoms with Gasteiger partial charge < -0.3 is 9.84 Å². The predicted molar refractivity (Wildman–Crippen MR) is 152 cm³/mol. The van der Waals surface area contributed by atoms with E-state index in [1.165, 1.54) is 5.56 Å². The molecule has 4 aromatic carbocycles. The second kappa shape index (κ2) is 12.4. The summed E-state index contributed by atoms with van der Waals surface area (Å²) in [5.74, 6) is 0.701. The Bertz CT molecular complexity index is 1420. The minimum atomic E-state index is -0.888. The molecular formula is C33H31N3O3. The van der Waals surface area contributed by atoms with E-state index >= 15 is 0 Å². The highest BCUT2D eigenvalue weighted by molar-refractivity contribution is 5.87. The summed E-state index contributed by atoms with van der Waals surface area (Å²) >= 11 is 0. The van der Waals surface area contributed by atoms with Crippen molar-refractivity contribution in [2.75, 3.05) is 26.2 Å². The van der Waals surface area contributed by atoms with E-state index in [1.807, 2.05) is 72.8 Å². The molecule has 6 nitrogen and oxygen atoms in total. The van der Waals surface area contributed by atoms with E-state index in [9.17, 15) is 4.79 Å². The maximum absolute atomic E-state index is 11.1. The molecule has 1 aliphatic heterocycles. The van der Waals surface area contributed by atoms with E-state index < -0.39 is 5.97 Å². The first-order valence-electron chi connectivity index (χ1n) is 13.2. The van der Waals surface area contributed by atoms with E-state index in [2.05, 4.69) is 28.0 Å². The lowest BCUT2D eigenvalue weighted by Crippen LogP contribution is -2.30. The van der Waals surface area contributed by atoms with Gasteiger partial charge in [0.05, 0.1) is 17.2 Å². The molecule has 1 fully saturated rings. The Morgan fingerprint density at radius 2 is 1.15 bits per heavy atom. The number of aromatic carboxylic acids is 1. The van der Waals surface area contributed by atoms with Crippen molar-refractivity contribution in [1.29, 1.82) is 5.26 Å². The zero-order valence-corrected chi connectivity index (χ0v) is 21.8. The summed E-state index contributed by atoms with van der Waals surface area (Å²) in [5.41, 5.74) is 5.53. The Labute approximate surface area is 229 Å². The molecule has 0 aliphatic carbocycles. The molecule has 196 valence electrons. The first-order chi connectivity index (χ1) is 19.1. The Hall–Kier alpha value is -4.44. The maximum atomic E-state index is 11.1. The van der Waals surface area contributed by atoms with Gasteiger partial charge in [-0.15, -0.1) is 0 Å². The summed E-state index contributed by atoms with van der Waals surface area (Å²) < 4.78 is 6.07. The quantitative estimate of drug-likeness (QED) is 0.291. The molecule has 1 N–H and O–H groups in total. The number of carbonyl (C=O) groups is 1. The Balaban J connectivity index is 1.11. The second-order valence-corrected chi connectivity index (χ2v) is 9.87. The predicted octanol–water partition coefficient (Wildman–Crippen LogP) is 6.42. The topological polar surface area (TPSA) is 76.8 Å². The van der Waals surface area contributed by atoms with Crippen molar-refractivity contribution < 1.29 is 14.6 Å². The molecule has 6 heteroatoms. The van der Waals surface area contributed by atoms with Crippen LogP contribution in [0.5, 0.6) is 11.5 Å². The number of carboxylic acid groups (broad SMARTS) is 1. The number of rotatable bonds is 8. The molecule has 0 aromatic heterocycles. The number of hydrogen-bond donors (Lipinski definition) is 1. The van der Waals surface area contributed by atoms with Crippen LogP contribution >= 0.6 is 0 Å². The van der Waals surface area contributed by atoms with E-state index in [0.717, 1.165) is 73.9 Å². The van der Waals surface area contributed by atoms with Crippen molar-refractivity contribution in [2.45, 2.75) is 19.5 Å². The Morgan fingerprint density at radius 3 is 1.64 bits per heavy atom. The smallest absolute Gasteiger partial charge is 0.335 e. The highest BCUT2D eigenvalue weighted by Gasteiger charge is 2.16. The molecular weight excluding hydrogens is 486 g/mol.